The summed E-state index contributed by atoms with van der Waals surface area (Å²) < 4.78 is 0. The topological polar surface area (TPSA) is 149 Å². The first-order chi connectivity index (χ1) is 12.2. The molecule has 8 nitrogen and oxygen atoms in total. The second kappa shape index (κ2) is 6.14. The Morgan fingerprint density at radius 1 is 0.923 bits per heavy atom. The Balaban J connectivity index is 2.48. The van der Waals surface area contributed by atoms with E-state index in [0.717, 1.165) is 0 Å². The highest BCUT2D eigenvalue weighted by Crippen LogP contribution is 2.42. The van der Waals surface area contributed by atoms with Crippen molar-refractivity contribution < 1.29 is 39.6 Å². The zero-order chi connectivity index (χ0) is 19.2. The number of hydrogen-bond donors (Lipinski definition) is 4. The van der Waals surface area contributed by atoms with E-state index in [4.69, 9.17) is 0 Å². The fraction of sp³-hybridized carbons (Fsp3) is 0.222. The zero-order valence-electron chi connectivity index (χ0n) is 13.3. The number of fused-ring (bicyclic) bond motifs is 2. The Kier molecular flexibility index (Phi) is 4.11. The van der Waals surface area contributed by atoms with Crippen LogP contribution in [0.2, 0.25) is 0 Å². The van der Waals surface area contributed by atoms with Crippen molar-refractivity contribution in [1.82, 2.24) is 0 Å². The first kappa shape index (κ1) is 17.4. The highest BCUT2D eigenvalue weighted by Gasteiger charge is 2.42. The molecule has 3 rings (SSSR count). The molecule has 2 unspecified atom stereocenters. The molecule has 0 radical (unpaired) electrons. The zero-order valence-corrected chi connectivity index (χ0v) is 13.3. The van der Waals surface area contributed by atoms with Crippen LogP contribution in [0.25, 0.3) is 10.8 Å². The summed E-state index contributed by atoms with van der Waals surface area (Å²) in [5, 5.41) is 38.4. The second-order valence-corrected chi connectivity index (χ2v) is 6.14. The summed E-state index contributed by atoms with van der Waals surface area (Å²) >= 11 is 0. The Morgan fingerprint density at radius 2 is 1.62 bits per heavy atom. The first-order valence-electron chi connectivity index (χ1n) is 7.74. The molecule has 0 fully saturated rings. The SMILES string of the molecule is O=C(O)c1cccc2cc3c(c(C(=O)O)c12)C(C(=O)O)C(C(=O)O)CC3. The minimum atomic E-state index is -1.56. The van der Waals surface area contributed by atoms with Crippen molar-refractivity contribution in [2.24, 2.45) is 5.92 Å². The molecular weight excluding hydrogens is 344 g/mol. The molecule has 2 aromatic carbocycles. The average Bonchev–Trinajstić information content (AvgIpc) is 2.57. The minimum Gasteiger partial charge on any atom is -0.481 e. The number of rotatable bonds is 4. The largest absolute Gasteiger partial charge is 0.481 e. The molecule has 0 bridgehead atoms. The van der Waals surface area contributed by atoms with Crippen LogP contribution < -0.4 is 0 Å². The monoisotopic (exact) mass is 358 g/mol. The van der Waals surface area contributed by atoms with Crippen molar-refractivity contribution in [2.75, 3.05) is 0 Å². The molecule has 2 atom stereocenters. The highest BCUT2D eigenvalue weighted by molar-refractivity contribution is 6.14. The van der Waals surface area contributed by atoms with Crippen LogP contribution in [0.1, 0.15) is 44.2 Å². The first-order valence-corrected chi connectivity index (χ1v) is 7.74. The molecule has 0 aliphatic heterocycles. The maximum absolute atomic E-state index is 12.0. The lowest BCUT2D eigenvalue weighted by atomic mass is 9.71. The van der Waals surface area contributed by atoms with Crippen LogP contribution in [0.15, 0.2) is 24.3 Å². The van der Waals surface area contributed by atoms with Crippen molar-refractivity contribution in [1.29, 1.82) is 0 Å². The maximum Gasteiger partial charge on any atom is 0.336 e. The van der Waals surface area contributed by atoms with Gasteiger partial charge < -0.3 is 20.4 Å². The average molecular weight is 358 g/mol. The lowest BCUT2D eigenvalue weighted by Crippen LogP contribution is -2.34. The van der Waals surface area contributed by atoms with E-state index >= 15 is 0 Å². The Labute approximate surface area is 146 Å². The minimum absolute atomic E-state index is 0.0580. The fourth-order valence-corrected chi connectivity index (χ4v) is 3.73. The number of carboxylic acids is 4. The third-order valence-corrected chi connectivity index (χ3v) is 4.76. The van der Waals surface area contributed by atoms with Gasteiger partial charge in [0, 0.05) is 5.39 Å². The molecule has 1 aliphatic rings. The molecule has 8 heteroatoms. The van der Waals surface area contributed by atoms with Crippen LogP contribution in [0, 0.1) is 5.92 Å². The van der Waals surface area contributed by atoms with Crippen LogP contribution >= 0.6 is 0 Å². The molecule has 0 saturated carbocycles. The molecule has 26 heavy (non-hydrogen) atoms. The number of aliphatic carboxylic acids is 2. The van der Waals surface area contributed by atoms with Gasteiger partial charge in [0.15, 0.2) is 0 Å². The van der Waals surface area contributed by atoms with E-state index in [0.29, 0.717) is 10.9 Å². The Morgan fingerprint density at radius 3 is 2.15 bits per heavy atom. The van der Waals surface area contributed by atoms with Gasteiger partial charge in [-0.25, -0.2) is 9.59 Å². The number of benzene rings is 2. The Hall–Kier alpha value is -3.42. The molecular formula is C18H14O8. The van der Waals surface area contributed by atoms with E-state index in [9.17, 15) is 39.6 Å². The van der Waals surface area contributed by atoms with Gasteiger partial charge in [0.05, 0.1) is 23.0 Å². The smallest absolute Gasteiger partial charge is 0.336 e. The molecule has 4 N–H and O–H groups in total. The van der Waals surface area contributed by atoms with E-state index in [-0.39, 0.29) is 29.4 Å². The summed E-state index contributed by atoms with van der Waals surface area (Å²) in [5.41, 5.74) is -0.426. The lowest BCUT2D eigenvalue weighted by Gasteiger charge is -2.30. The molecule has 1 aliphatic carbocycles. The van der Waals surface area contributed by atoms with Gasteiger partial charge in [-0.2, -0.15) is 0 Å². The molecule has 0 spiro atoms. The lowest BCUT2D eigenvalue weighted by molar-refractivity contribution is -0.150. The van der Waals surface area contributed by atoms with Gasteiger partial charge in [0.1, 0.15) is 0 Å². The van der Waals surface area contributed by atoms with Crippen LogP contribution in [0.3, 0.4) is 0 Å². The summed E-state index contributed by atoms with van der Waals surface area (Å²) in [6, 6.07) is 5.81. The van der Waals surface area contributed by atoms with Gasteiger partial charge in [-0.05, 0) is 35.4 Å². The Bertz CT molecular complexity index is 975. The van der Waals surface area contributed by atoms with Crippen LogP contribution in [-0.2, 0) is 16.0 Å². The van der Waals surface area contributed by atoms with Crippen molar-refractivity contribution in [3.8, 4) is 0 Å². The quantitative estimate of drug-likeness (QED) is 0.648. The summed E-state index contributed by atoms with van der Waals surface area (Å²) in [4.78, 5) is 46.8. The van der Waals surface area contributed by atoms with Gasteiger partial charge in [-0.15, -0.1) is 0 Å². The van der Waals surface area contributed by atoms with Crippen LogP contribution in [0.5, 0.6) is 0 Å². The van der Waals surface area contributed by atoms with Crippen molar-refractivity contribution in [2.45, 2.75) is 18.8 Å². The van der Waals surface area contributed by atoms with Crippen LogP contribution in [0.4, 0.5) is 0 Å². The molecule has 0 aromatic heterocycles. The summed E-state index contributed by atoms with van der Waals surface area (Å²) in [6.07, 6.45) is 0.256. The molecule has 0 amide bonds. The number of hydrogen-bond acceptors (Lipinski definition) is 4. The number of carboxylic acid groups (broad SMARTS) is 4. The summed E-state index contributed by atoms with van der Waals surface area (Å²) in [5.74, 6) is -8.46. The second-order valence-electron chi connectivity index (χ2n) is 6.14. The van der Waals surface area contributed by atoms with E-state index in [1.165, 1.54) is 12.1 Å². The van der Waals surface area contributed by atoms with Crippen molar-refractivity contribution in [3.63, 3.8) is 0 Å². The van der Waals surface area contributed by atoms with Crippen LogP contribution in [-0.4, -0.2) is 44.3 Å². The molecule has 0 saturated heterocycles. The predicted octanol–water partition coefficient (Wildman–Crippen LogP) is 2.05. The highest BCUT2D eigenvalue weighted by atomic mass is 16.4. The van der Waals surface area contributed by atoms with E-state index in [1.54, 1.807) is 12.1 Å². The van der Waals surface area contributed by atoms with E-state index < -0.39 is 41.3 Å². The van der Waals surface area contributed by atoms with Crippen molar-refractivity contribution >= 4 is 34.6 Å². The van der Waals surface area contributed by atoms with E-state index in [1.807, 2.05) is 0 Å². The number of carbonyl (C=O) groups is 4. The third kappa shape index (κ3) is 2.55. The van der Waals surface area contributed by atoms with Crippen molar-refractivity contribution in [3.05, 3.63) is 46.5 Å². The number of aryl methyl sites for hydroxylation is 1. The van der Waals surface area contributed by atoms with Gasteiger partial charge >= 0.3 is 23.9 Å². The van der Waals surface area contributed by atoms with Gasteiger partial charge in [0.2, 0.25) is 0 Å². The molecule has 0 heterocycles. The molecule has 2 aromatic rings. The summed E-state index contributed by atoms with van der Waals surface area (Å²) in [6.45, 7) is 0. The standard InChI is InChI=1S/C18H14O8/c19-15(20)9-3-1-2-7-6-8-4-5-10(16(21)22)13(17(23)24)12(8)14(11(7)9)18(25)26/h1-3,6,10,13H,4-5H2,(H,19,20)(H,21,22)(H,23,24)(H,25,26). The third-order valence-electron chi connectivity index (χ3n) is 4.76. The van der Waals surface area contributed by atoms with E-state index in [2.05, 4.69) is 0 Å². The predicted molar refractivity (Wildman–Crippen MR) is 87.7 cm³/mol. The summed E-state index contributed by atoms with van der Waals surface area (Å²) in [7, 11) is 0. The van der Waals surface area contributed by atoms with Gasteiger partial charge in [-0.1, -0.05) is 18.2 Å². The molecule has 134 valence electrons. The fourth-order valence-electron chi connectivity index (χ4n) is 3.73. The maximum atomic E-state index is 12.0. The normalized spacial score (nSPS) is 18.9. The van der Waals surface area contributed by atoms with Gasteiger partial charge in [-0.3, -0.25) is 9.59 Å². The number of aromatic carboxylic acids is 2. The van der Waals surface area contributed by atoms with Gasteiger partial charge in [0.25, 0.3) is 0 Å².